The van der Waals surface area contributed by atoms with Gasteiger partial charge < -0.3 is 13.8 Å². The minimum Gasteiger partial charge on any atom is -0.414 e. The molecule has 0 unspecified atom stereocenters. The van der Waals surface area contributed by atoms with Gasteiger partial charge in [-0.05, 0) is 48.2 Å². The van der Waals surface area contributed by atoms with E-state index in [-0.39, 0.29) is 28.0 Å². The van der Waals surface area contributed by atoms with Crippen molar-refractivity contribution >= 4 is 33.8 Å². The molecule has 0 saturated carbocycles. The Morgan fingerprint density at radius 3 is 2.09 bits per heavy atom. The predicted octanol–water partition coefficient (Wildman–Crippen LogP) is 8.05. The minimum atomic E-state index is -2.01. The molecule has 3 nitrogen and oxygen atoms in total. The molecule has 0 bridgehead atoms. The molecule has 0 radical (unpaired) electrons. The van der Waals surface area contributed by atoms with Gasteiger partial charge in [0.1, 0.15) is 0 Å². The van der Waals surface area contributed by atoms with Gasteiger partial charge in [-0.1, -0.05) is 90.2 Å². The van der Waals surface area contributed by atoms with Crippen molar-refractivity contribution in [3.63, 3.8) is 0 Å². The van der Waals surface area contributed by atoms with E-state index in [0.717, 1.165) is 24.5 Å². The van der Waals surface area contributed by atoms with E-state index >= 15 is 0 Å². The van der Waals surface area contributed by atoms with Crippen molar-refractivity contribution in [3.8, 4) is 0 Å². The van der Waals surface area contributed by atoms with Gasteiger partial charge in [-0.15, -0.1) is 6.58 Å². The summed E-state index contributed by atoms with van der Waals surface area (Å²) in [6.45, 7) is 29.8. The lowest BCUT2D eigenvalue weighted by Crippen LogP contribution is -2.51. The maximum atomic E-state index is 7.06. The second-order valence-electron chi connectivity index (χ2n) is 12.9. The van der Waals surface area contributed by atoms with Gasteiger partial charge >= 0.3 is 0 Å². The molecule has 1 aliphatic rings. The zero-order valence-electron chi connectivity index (χ0n) is 23.4. The van der Waals surface area contributed by atoms with Gasteiger partial charge in [-0.25, -0.2) is 0 Å². The molecule has 0 spiro atoms. The molecule has 1 heterocycles. The second kappa shape index (κ2) is 11.1. The van der Waals surface area contributed by atoms with E-state index in [1.54, 1.807) is 0 Å². The Kier molecular flexibility index (Phi) is 9.59. The van der Waals surface area contributed by atoms with E-state index < -0.39 is 16.6 Å². The maximum Gasteiger partial charge on any atom is 0.192 e. The largest absolute Gasteiger partial charge is 0.414 e. The summed E-state index contributed by atoms with van der Waals surface area (Å²) in [4.78, 5) is 3.41. The van der Waals surface area contributed by atoms with Crippen LogP contribution in [0.5, 0.6) is 0 Å². The molecule has 0 aliphatic carbocycles. The molecule has 1 aromatic carbocycles. The first-order chi connectivity index (χ1) is 15.5. The predicted molar refractivity (Wildman–Crippen MR) is 156 cm³/mol. The van der Waals surface area contributed by atoms with Crippen LogP contribution in [-0.4, -0.2) is 45.8 Å². The van der Waals surface area contributed by atoms with Crippen LogP contribution in [0.15, 0.2) is 43.0 Å². The Balaban J connectivity index is 2.27. The molecule has 1 aromatic rings. The molecule has 1 saturated heterocycles. The summed E-state index contributed by atoms with van der Waals surface area (Å²) in [5.41, 5.74) is 1.30. The Labute approximate surface area is 217 Å². The molecular weight excluding hydrogens is 471 g/mol. The molecule has 6 heteroatoms. The van der Waals surface area contributed by atoms with E-state index in [1.807, 2.05) is 0 Å². The van der Waals surface area contributed by atoms with Crippen LogP contribution in [-0.2, 0) is 15.4 Å². The topological polar surface area (TPSA) is 21.7 Å². The van der Waals surface area contributed by atoms with Gasteiger partial charge in [0, 0.05) is 24.9 Å². The third-order valence-electron chi connectivity index (χ3n) is 8.39. The van der Waals surface area contributed by atoms with Crippen LogP contribution in [0.3, 0.4) is 0 Å². The summed E-state index contributed by atoms with van der Waals surface area (Å²) in [6, 6.07) is 10.6. The van der Waals surface area contributed by atoms with Crippen molar-refractivity contribution in [3.05, 3.63) is 48.6 Å². The highest BCUT2D eigenvalue weighted by Crippen LogP contribution is 2.42. The van der Waals surface area contributed by atoms with Gasteiger partial charge in [-0.2, -0.15) is 0 Å². The lowest BCUT2D eigenvalue weighted by molar-refractivity contribution is 0.0656. The van der Waals surface area contributed by atoms with Crippen LogP contribution in [0.25, 0.3) is 0 Å². The molecule has 34 heavy (non-hydrogen) atoms. The van der Waals surface area contributed by atoms with Gasteiger partial charge in [0.2, 0.25) is 0 Å². The number of hydrogen-bond donors (Lipinski definition) is 0. The molecule has 0 aromatic heterocycles. The quantitative estimate of drug-likeness (QED) is 0.177. The highest BCUT2D eigenvalue weighted by atomic mass is 32.1. The molecule has 192 valence electrons. The monoisotopic (exact) mass is 519 g/mol. The zero-order valence-corrected chi connectivity index (χ0v) is 26.2. The number of hydrogen-bond acceptors (Lipinski definition) is 3. The first-order valence-electron chi connectivity index (χ1n) is 12.8. The number of benzene rings is 1. The van der Waals surface area contributed by atoms with E-state index in [4.69, 9.17) is 21.1 Å². The number of thiocarbonyl (C=S) groups is 1. The zero-order chi connectivity index (χ0) is 25.9. The second-order valence-corrected chi connectivity index (χ2v) is 22.9. The molecular formula is C28H49NO2SSi2. The number of rotatable bonds is 10. The lowest BCUT2D eigenvalue weighted by atomic mass is 9.87. The molecule has 3 atom stereocenters. The van der Waals surface area contributed by atoms with E-state index in [0.29, 0.717) is 6.61 Å². The third-order valence-corrected chi connectivity index (χ3v) is 18.0. The Morgan fingerprint density at radius 2 is 1.59 bits per heavy atom. The normalized spacial score (nSPS) is 19.9. The summed E-state index contributed by atoms with van der Waals surface area (Å²) >= 11 is 6.06. The van der Waals surface area contributed by atoms with Crippen LogP contribution in [0, 0.1) is 11.8 Å². The van der Waals surface area contributed by atoms with Crippen molar-refractivity contribution in [2.45, 2.75) is 96.9 Å². The van der Waals surface area contributed by atoms with Gasteiger partial charge in [0.15, 0.2) is 16.6 Å². The van der Waals surface area contributed by atoms with E-state index in [1.165, 1.54) is 5.56 Å². The molecule has 0 amide bonds. The van der Waals surface area contributed by atoms with Gasteiger partial charge in [0.05, 0.1) is 17.7 Å². The van der Waals surface area contributed by atoms with Crippen molar-refractivity contribution in [2.75, 3.05) is 13.2 Å². The van der Waals surface area contributed by atoms with Crippen LogP contribution in [0.4, 0.5) is 0 Å². The van der Waals surface area contributed by atoms with Crippen molar-refractivity contribution in [1.82, 2.24) is 4.90 Å². The first-order valence-corrected chi connectivity index (χ1v) is 19.0. The standard InChI is InChI=1S/C28H49NO2SSi2/c1-12-23(24-18-19-29(26(24)32)20-22-16-14-13-15-17-22)25(31-34(10,11)28(5,6)7)21-30-33(8,9)27(2,3)4/h12-17,23-25H,1,18-21H2,2-11H3/t23-,24+,25-/m1/s1. The number of likely N-dealkylation sites (tertiary alicyclic amines) is 1. The van der Waals surface area contributed by atoms with Gasteiger partial charge in [-0.3, -0.25) is 0 Å². The Hall–Kier alpha value is -0.796. The summed E-state index contributed by atoms with van der Waals surface area (Å²) in [7, 11) is -3.92. The van der Waals surface area contributed by atoms with Crippen molar-refractivity contribution in [1.29, 1.82) is 0 Å². The fraction of sp³-hybridized carbons (Fsp3) is 0.679. The minimum absolute atomic E-state index is 0.0351. The highest BCUT2D eigenvalue weighted by Gasteiger charge is 2.45. The molecule has 1 fully saturated rings. The molecule has 2 rings (SSSR count). The average molecular weight is 520 g/mol. The van der Waals surface area contributed by atoms with Crippen LogP contribution in [0.1, 0.15) is 53.5 Å². The van der Waals surface area contributed by atoms with E-state index in [9.17, 15) is 0 Å². The summed E-state index contributed by atoms with van der Waals surface area (Å²) in [5.74, 6) is 0.404. The first kappa shape index (κ1) is 29.4. The molecule has 0 N–H and O–H groups in total. The Morgan fingerprint density at radius 1 is 1.03 bits per heavy atom. The van der Waals surface area contributed by atoms with Crippen LogP contribution in [0.2, 0.25) is 36.3 Å². The smallest absolute Gasteiger partial charge is 0.192 e. The fourth-order valence-corrected chi connectivity index (χ4v) is 6.72. The maximum absolute atomic E-state index is 7.06. The fourth-order valence-electron chi connectivity index (χ4n) is 3.94. The molecule has 1 aliphatic heterocycles. The van der Waals surface area contributed by atoms with E-state index in [2.05, 4.69) is 116 Å². The lowest BCUT2D eigenvalue weighted by Gasteiger charge is -2.44. The SMILES string of the molecule is C=C[C@H]([C@@H]1CCN(Cc2ccccc2)C1=S)[C@@H](CO[Si](C)(C)C(C)(C)C)O[Si](C)(C)C(C)(C)C. The number of nitrogens with zero attached hydrogens (tertiary/aromatic N) is 1. The highest BCUT2D eigenvalue weighted by molar-refractivity contribution is 7.80. The van der Waals surface area contributed by atoms with Crippen LogP contribution < -0.4 is 0 Å². The van der Waals surface area contributed by atoms with Crippen LogP contribution >= 0.6 is 12.2 Å². The van der Waals surface area contributed by atoms with Gasteiger partial charge in [0.25, 0.3) is 0 Å². The summed E-state index contributed by atoms with van der Waals surface area (Å²) in [5, 5.41) is 0.289. The summed E-state index contributed by atoms with van der Waals surface area (Å²) in [6.07, 6.45) is 3.10. The van der Waals surface area contributed by atoms with Crippen molar-refractivity contribution < 1.29 is 8.85 Å². The Bertz CT molecular complexity index is 827. The van der Waals surface area contributed by atoms with Crippen molar-refractivity contribution in [2.24, 2.45) is 11.8 Å². The third kappa shape index (κ3) is 7.13. The average Bonchev–Trinajstić information content (AvgIpc) is 3.06. The summed E-state index contributed by atoms with van der Waals surface area (Å²) < 4.78 is 13.8.